The monoisotopic (exact) mass is 389 g/mol. The van der Waals surface area contributed by atoms with Crippen LogP contribution in [0.2, 0.25) is 0 Å². The van der Waals surface area contributed by atoms with Crippen LogP contribution >= 0.6 is 11.3 Å². The van der Waals surface area contributed by atoms with Crippen molar-refractivity contribution < 1.29 is 9.53 Å². The molecule has 0 aliphatic rings. The lowest BCUT2D eigenvalue weighted by Crippen LogP contribution is -2.19. The van der Waals surface area contributed by atoms with Gasteiger partial charge in [-0.05, 0) is 55.5 Å². The van der Waals surface area contributed by atoms with Crippen LogP contribution in [0.4, 0.5) is 16.2 Å². The number of fused-ring (bicyclic) bond motifs is 1. The van der Waals surface area contributed by atoms with Crippen LogP contribution in [0.5, 0.6) is 5.75 Å². The smallest absolute Gasteiger partial charge is 0.323 e. The van der Waals surface area contributed by atoms with Crippen molar-refractivity contribution in [2.24, 2.45) is 0 Å². The Kier molecular flexibility index (Phi) is 5.21. The van der Waals surface area contributed by atoms with E-state index in [0.717, 1.165) is 26.5 Å². The first-order valence-corrected chi connectivity index (χ1v) is 9.80. The Hall–Kier alpha value is -3.38. The largest absolute Gasteiger partial charge is 0.494 e. The van der Waals surface area contributed by atoms with E-state index in [2.05, 4.69) is 21.7 Å². The van der Waals surface area contributed by atoms with Gasteiger partial charge in [-0.3, -0.25) is 0 Å². The van der Waals surface area contributed by atoms with Gasteiger partial charge < -0.3 is 15.4 Å². The maximum atomic E-state index is 12.3. The van der Waals surface area contributed by atoms with E-state index >= 15 is 0 Å². The zero-order valence-electron chi connectivity index (χ0n) is 15.3. The van der Waals surface area contributed by atoms with E-state index in [1.54, 1.807) is 11.3 Å². The van der Waals surface area contributed by atoms with Crippen molar-refractivity contribution in [3.63, 3.8) is 0 Å². The third kappa shape index (κ3) is 4.13. The standard InChI is InChI=1S/C22H19N3O2S/c1-2-27-18-12-10-16(11-13-18)23-22(26)24-17-7-5-6-15(14-17)21-25-19-8-3-4-9-20(19)28-21/h3-14H,2H2,1H3,(H2,23,24,26). The second-order valence-corrected chi connectivity index (χ2v) is 7.13. The SMILES string of the molecule is CCOc1ccc(NC(=O)Nc2cccc(-c3nc4ccccc4s3)c2)cc1. The van der Waals surface area contributed by atoms with Crippen molar-refractivity contribution in [3.05, 3.63) is 72.8 Å². The molecule has 5 nitrogen and oxygen atoms in total. The van der Waals surface area contributed by atoms with Gasteiger partial charge in [0.1, 0.15) is 10.8 Å². The van der Waals surface area contributed by atoms with Crippen LogP contribution in [0, 0.1) is 0 Å². The molecule has 0 saturated heterocycles. The number of rotatable bonds is 5. The summed E-state index contributed by atoms with van der Waals surface area (Å²) < 4.78 is 6.55. The molecule has 0 radical (unpaired) electrons. The lowest BCUT2D eigenvalue weighted by Gasteiger charge is -2.09. The van der Waals surface area contributed by atoms with Gasteiger partial charge in [-0.1, -0.05) is 24.3 Å². The number of nitrogens with zero attached hydrogens (tertiary/aromatic N) is 1. The molecule has 140 valence electrons. The molecule has 0 aliphatic heterocycles. The summed E-state index contributed by atoms with van der Waals surface area (Å²) in [6, 6.07) is 22.7. The molecule has 28 heavy (non-hydrogen) atoms. The van der Waals surface area contributed by atoms with E-state index in [1.807, 2.05) is 73.7 Å². The lowest BCUT2D eigenvalue weighted by molar-refractivity contribution is 0.262. The summed E-state index contributed by atoms with van der Waals surface area (Å²) in [5, 5.41) is 6.62. The fraction of sp³-hybridized carbons (Fsp3) is 0.0909. The Balaban J connectivity index is 1.46. The second-order valence-electron chi connectivity index (χ2n) is 6.10. The number of para-hydroxylation sites is 1. The highest BCUT2D eigenvalue weighted by Crippen LogP contribution is 2.31. The van der Waals surface area contributed by atoms with Crippen LogP contribution in [0.3, 0.4) is 0 Å². The van der Waals surface area contributed by atoms with E-state index in [9.17, 15) is 4.79 Å². The van der Waals surface area contributed by atoms with Gasteiger partial charge in [-0.15, -0.1) is 11.3 Å². The van der Waals surface area contributed by atoms with Gasteiger partial charge in [0.25, 0.3) is 0 Å². The number of thiazole rings is 1. The maximum Gasteiger partial charge on any atom is 0.323 e. The normalized spacial score (nSPS) is 10.6. The van der Waals surface area contributed by atoms with Crippen LogP contribution in [0.15, 0.2) is 72.8 Å². The Morgan fingerprint density at radius 2 is 1.75 bits per heavy atom. The highest BCUT2D eigenvalue weighted by Gasteiger charge is 2.08. The number of hydrogen-bond acceptors (Lipinski definition) is 4. The highest BCUT2D eigenvalue weighted by molar-refractivity contribution is 7.21. The summed E-state index contributed by atoms with van der Waals surface area (Å²) >= 11 is 1.63. The van der Waals surface area contributed by atoms with Gasteiger partial charge in [-0.2, -0.15) is 0 Å². The van der Waals surface area contributed by atoms with Crippen LogP contribution in [0.25, 0.3) is 20.8 Å². The minimum Gasteiger partial charge on any atom is -0.494 e. The first kappa shape index (κ1) is 18.0. The third-order valence-corrected chi connectivity index (χ3v) is 5.17. The molecular weight excluding hydrogens is 370 g/mol. The first-order chi connectivity index (χ1) is 13.7. The van der Waals surface area contributed by atoms with E-state index in [1.165, 1.54) is 0 Å². The molecule has 0 spiro atoms. The number of urea groups is 1. The molecule has 4 aromatic rings. The lowest BCUT2D eigenvalue weighted by atomic mass is 10.2. The number of anilines is 2. The average molecular weight is 389 g/mol. The average Bonchev–Trinajstić information content (AvgIpc) is 3.14. The highest BCUT2D eigenvalue weighted by atomic mass is 32.1. The molecule has 4 rings (SSSR count). The Bertz CT molecular complexity index is 1070. The molecule has 1 heterocycles. The van der Waals surface area contributed by atoms with Crippen molar-refractivity contribution in [2.45, 2.75) is 6.92 Å². The number of aromatic nitrogens is 1. The second kappa shape index (κ2) is 8.10. The molecule has 0 bridgehead atoms. The summed E-state index contributed by atoms with van der Waals surface area (Å²) in [6.45, 7) is 2.54. The molecule has 0 aliphatic carbocycles. The predicted octanol–water partition coefficient (Wildman–Crippen LogP) is 6.01. The van der Waals surface area contributed by atoms with Gasteiger partial charge >= 0.3 is 6.03 Å². The van der Waals surface area contributed by atoms with Gasteiger partial charge in [0.2, 0.25) is 0 Å². The van der Waals surface area contributed by atoms with E-state index in [-0.39, 0.29) is 6.03 Å². The van der Waals surface area contributed by atoms with E-state index < -0.39 is 0 Å². The number of nitrogens with one attached hydrogen (secondary N) is 2. The van der Waals surface area contributed by atoms with Gasteiger partial charge in [0.15, 0.2) is 0 Å². The van der Waals surface area contributed by atoms with Crippen LogP contribution in [-0.4, -0.2) is 17.6 Å². The van der Waals surface area contributed by atoms with E-state index in [0.29, 0.717) is 18.0 Å². The van der Waals surface area contributed by atoms with Crippen LogP contribution in [0.1, 0.15) is 6.92 Å². The molecule has 6 heteroatoms. The number of carbonyl (C=O) groups is 1. The minimum absolute atomic E-state index is 0.300. The Labute approximate surface area is 167 Å². The number of benzene rings is 3. The summed E-state index contributed by atoms with van der Waals surface area (Å²) in [5.41, 5.74) is 3.36. The van der Waals surface area contributed by atoms with Crippen molar-refractivity contribution in [1.29, 1.82) is 0 Å². The van der Waals surface area contributed by atoms with Crippen molar-refractivity contribution in [2.75, 3.05) is 17.2 Å². The summed E-state index contributed by atoms with van der Waals surface area (Å²) in [6.07, 6.45) is 0. The topological polar surface area (TPSA) is 63.2 Å². The molecule has 0 saturated carbocycles. The Morgan fingerprint density at radius 3 is 2.54 bits per heavy atom. The summed E-state index contributed by atoms with van der Waals surface area (Å²) in [4.78, 5) is 17.0. The quantitative estimate of drug-likeness (QED) is 0.440. The maximum absolute atomic E-state index is 12.3. The van der Waals surface area contributed by atoms with Crippen LogP contribution < -0.4 is 15.4 Å². The first-order valence-electron chi connectivity index (χ1n) is 8.98. The number of carbonyl (C=O) groups excluding carboxylic acids is 1. The van der Waals surface area contributed by atoms with Crippen molar-refractivity contribution in [3.8, 4) is 16.3 Å². The molecule has 0 fully saturated rings. The molecule has 0 unspecified atom stereocenters. The Morgan fingerprint density at radius 1 is 0.964 bits per heavy atom. The van der Waals surface area contributed by atoms with Gasteiger partial charge in [0, 0.05) is 16.9 Å². The number of hydrogen-bond donors (Lipinski definition) is 2. The summed E-state index contributed by atoms with van der Waals surface area (Å²) in [7, 11) is 0. The molecule has 0 atom stereocenters. The molecule has 2 amide bonds. The number of ether oxygens (including phenoxy) is 1. The molecular formula is C22H19N3O2S. The summed E-state index contributed by atoms with van der Waals surface area (Å²) in [5.74, 6) is 0.775. The molecule has 1 aromatic heterocycles. The van der Waals surface area contributed by atoms with Crippen molar-refractivity contribution in [1.82, 2.24) is 4.98 Å². The van der Waals surface area contributed by atoms with Gasteiger partial charge in [0.05, 0.1) is 16.8 Å². The third-order valence-electron chi connectivity index (χ3n) is 4.08. The molecule has 3 aromatic carbocycles. The zero-order chi connectivity index (χ0) is 19.3. The fourth-order valence-electron chi connectivity index (χ4n) is 2.82. The fourth-order valence-corrected chi connectivity index (χ4v) is 3.78. The zero-order valence-corrected chi connectivity index (χ0v) is 16.1. The predicted molar refractivity (Wildman–Crippen MR) is 115 cm³/mol. The molecule has 2 N–H and O–H groups in total. The minimum atomic E-state index is -0.300. The van der Waals surface area contributed by atoms with Crippen LogP contribution in [-0.2, 0) is 0 Å². The van der Waals surface area contributed by atoms with Crippen molar-refractivity contribution >= 4 is 39.0 Å². The van der Waals surface area contributed by atoms with E-state index in [4.69, 9.17) is 4.74 Å². The van der Waals surface area contributed by atoms with Gasteiger partial charge in [-0.25, -0.2) is 9.78 Å². The number of amides is 2.